The number of nitrogens with two attached hydrogens (primary N) is 1. The molecule has 7 heteroatoms. The Balaban J connectivity index is 2.00. The normalized spacial score (nSPS) is 11.2. The topological polar surface area (TPSA) is 64.4 Å². The molecule has 2 rings (SSSR count). The van der Waals surface area contributed by atoms with Gasteiger partial charge in [-0.3, -0.25) is 4.79 Å². The molecule has 1 amide bonds. The molecule has 0 unspecified atom stereocenters. The van der Waals surface area contributed by atoms with Crippen LogP contribution >= 0.6 is 11.3 Å². The van der Waals surface area contributed by atoms with Gasteiger partial charge in [0.05, 0.1) is 12.3 Å². The van der Waals surface area contributed by atoms with Crippen LogP contribution in [0.3, 0.4) is 0 Å². The standard InChI is InChI=1S/C14H16F2N2O2S/c1-8-3-2-4-9-11(17)13(21-12(8)9)14(19)18-5-6-20-7-10(15)16/h2-4,10H,5-7,17H2,1H3,(H,18,19). The predicted octanol–water partition coefficient (Wildman–Crippen LogP) is 2.80. The van der Waals surface area contributed by atoms with Gasteiger partial charge in [0.15, 0.2) is 0 Å². The first kappa shape index (κ1) is 15.7. The first-order valence-electron chi connectivity index (χ1n) is 6.42. The number of hydrogen-bond donors (Lipinski definition) is 2. The Hall–Kier alpha value is -1.73. The van der Waals surface area contributed by atoms with Crippen molar-refractivity contribution in [1.29, 1.82) is 0 Å². The van der Waals surface area contributed by atoms with Crippen molar-refractivity contribution in [2.75, 3.05) is 25.5 Å². The van der Waals surface area contributed by atoms with E-state index in [-0.39, 0.29) is 19.1 Å². The summed E-state index contributed by atoms with van der Waals surface area (Å²) in [5.74, 6) is -0.311. The van der Waals surface area contributed by atoms with Crippen LogP contribution in [0.25, 0.3) is 10.1 Å². The summed E-state index contributed by atoms with van der Waals surface area (Å²) in [7, 11) is 0. The lowest BCUT2D eigenvalue weighted by molar-refractivity contribution is 0.0188. The Bertz CT molecular complexity index is 643. The fourth-order valence-electron chi connectivity index (χ4n) is 1.94. The number of thiophene rings is 1. The minimum absolute atomic E-state index is 0.0416. The molecule has 3 N–H and O–H groups in total. The zero-order chi connectivity index (χ0) is 15.4. The maximum atomic E-state index is 12.1. The zero-order valence-corrected chi connectivity index (χ0v) is 12.3. The second-order valence-corrected chi connectivity index (χ2v) is 5.54. The van der Waals surface area contributed by atoms with Crippen molar-refractivity contribution in [2.45, 2.75) is 13.3 Å². The number of aryl methyl sites for hydroxylation is 1. The number of amides is 1. The summed E-state index contributed by atoms with van der Waals surface area (Å²) in [5.41, 5.74) is 7.51. The summed E-state index contributed by atoms with van der Waals surface area (Å²) in [6.45, 7) is 1.54. The molecule has 0 spiro atoms. The number of fused-ring (bicyclic) bond motifs is 1. The van der Waals surface area contributed by atoms with Gasteiger partial charge in [-0.1, -0.05) is 18.2 Å². The molecule has 2 aromatic rings. The number of hydrogen-bond acceptors (Lipinski definition) is 4. The summed E-state index contributed by atoms with van der Waals surface area (Å²) in [5, 5.41) is 3.48. The number of carbonyl (C=O) groups excluding carboxylic acids is 1. The molecule has 0 radical (unpaired) electrons. The number of alkyl halides is 2. The number of halogens is 2. The maximum absolute atomic E-state index is 12.1. The molecule has 0 aliphatic heterocycles. The van der Waals surface area contributed by atoms with Crippen LogP contribution in [-0.2, 0) is 4.74 Å². The molecule has 1 aromatic carbocycles. The van der Waals surface area contributed by atoms with Gasteiger partial charge in [-0.05, 0) is 12.5 Å². The van der Waals surface area contributed by atoms with E-state index in [2.05, 4.69) is 5.32 Å². The van der Waals surface area contributed by atoms with Gasteiger partial charge in [0, 0.05) is 16.6 Å². The summed E-state index contributed by atoms with van der Waals surface area (Å²) in [6.07, 6.45) is -2.50. The number of anilines is 1. The Morgan fingerprint density at radius 2 is 2.24 bits per heavy atom. The third-order valence-corrected chi connectivity index (χ3v) is 4.29. The van der Waals surface area contributed by atoms with Crippen LogP contribution in [0.2, 0.25) is 0 Å². The van der Waals surface area contributed by atoms with Crippen LogP contribution < -0.4 is 11.1 Å². The van der Waals surface area contributed by atoms with Crippen LogP contribution in [-0.4, -0.2) is 32.1 Å². The smallest absolute Gasteiger partial charge is 0.263 e. The summed E-state index contributed by atoms with van der Waals surface area (Å²) >= 11 is 1.33. The largest absolute Gasteiger partial charge is 0.397 e. The molecule has 0 fully saturated rings. The molecule has 0 aliphatic carbocycles. The van der Waals surface area contributed by atoms with Gasteiger partial charge in [-0.2, -0.15) is 0 Å². The molecule has 1 aromatic heterocycles. The van der Waals surface area contributed by atoms with E-state index >= 15 is 0 Å². The van der Waals surface area contributed by atoms with Crippen LogP contribution in [0.4, 0.5) is 14.5 Å². The van der Waals surface area contributed by atoms with Gasteiger partial charge >= 0.3 is 0 Å². The summed E-state index contributed by atoms with van der Waals surface area (Å²) < 4.78 is 29.4. The van der Waals surface area contributed by atoms with E-state index in [4.69, 9.17) is 10.5 Å². The third kappa shape index (κ3) is 3.68. The zero-order valence-electron chi connectivity index (χ0n) is 11.5. The first-order chi connectivity index (χ1) is 10.0. The number of carbonyl (C=O) groups is 1. The van der Waals surface area contributed by atoms with Gasteiger partial charge in [0.25, 0.3) is 12.3 Å². The highest BCUT2D eigenvalue weighted by molar-refractivity contribution is 7.21. The highest BCUT2D eigenvalue weighted by atomic mass is 32.1. The average molecular weight is 314 g/mol. The Kier molecular flexibility index (Phi) is 5.08. The van der Waals surface area contributed by atoms with Crippen LogP contribution in [0.15, 0.2) is 18.2 Å². The summed E-state index contributed by atoms with van der Waals surface area (Å²) in [4.78, 5) is 12.5. The predicted molar refractivity (Wildman–Crippen MR) is 80.1 cm³/mol. The van der Waals surface area contributed by atoms with E-state index in [9.17, 15) is 13.6 Å². The lowest BCUT2D eigenvalue weighted by atomic mass is 10.1. The Morgan fingerprint density at radius 1 is 1.48 bits per heavy atom. The van der Waals surface area contributed by atoms with E-state index in [0.29, 0.717) is 10.6 Å². The van der Waals surface area contributed by atoms with Crippen molar-refractivity contribution in [1.82, 2.24) is 5.32 Å². The Labute approximate surface area is 124 Å². The van der Waals surface area contributed by atoms with Crippen LogP contribution in [0.1, 0.15) is 15.2 Å². The van der Waals surface area contributed by atoms with Crippen molar-refractivity contribution in [3.8, 4) is 0 Å². The lowest BCUT2D eigenvalue weighted by Crippen LogP contribution is -2.27. The molecule has 0 saturated heterocycles. The molecule has 0 saturated carbocycles. The first-order valence-corrected chi connectivity index (χ1v) is 7.24. The molecule has 21 heavy (non-hydrogen) atoms. The van der Waals surface area contributed by atoms with Gasteiger partial charge in [0.1, 0.15) is 11.5 Å². The van der Waals surface area contributed by atoms with Crippen LogP contribution in [0.5, 0.6) is 0 Å². The van der Waals surface area contributed by atoms with Gasteiger partial charge in [-0.25, -0.2) is 8.78 Å². The molecule has 4 nitrogen and oxygen atoms in total. The molecule has 1 heterocycles. The van der Waals surface area contributed by atoms with Crippen molar-refractivity contribution < 1.29 is 18.3 Å². The quantitative estimate of drug-likeness (QED) is 0.806. The molecule has 0 bridgehead atoms. The second-order valence-electron chi connectivity index (χ2n) is 4.52. The number of ether oxygens (including phenoxy) is 1. The fourth-order valence-corrected chi connectivity index (χ4v) is 3.04. The van der Waals surface area contributed by atoms with E-state index in [1.54, 1.807) is 0 Å². The number of rotatable bonds is 6. The van der Waals surface area contributed by atoms with E-state index < -0.39 is 13.0 Å². The van der Waals surface area contributed by atoms with E-state index in [0.717, 1.165) is 15.6 Å². The summed E-state index contributed by atoms with van der Waals surface area (Å²) in [6, 6.07) is 5.72. The van der Waals surface area contributed by atoms with E-state index in [1.807, 2.05) is 25.1 Å². The highest BCUT2D eigenvalue weighted by Gasteiger charge is 2.16. The molecular formula is C14H16F2N2O2S. The SMILES string of the molecule is Cc1cccc2c(N)c(C(=O)NCCOCC(F)F)sc12. The Morgan fingerprint density at radius 3 is 2.90 bits per heavy atom. The van der Waals surface area contributed by atoms with Gasteiger partial charge in [-0.15, -0.1) is 11.3 Å². The highest BCUT2D eigenvalue weighted by Crippen LogP contribution is 2.35. The van der Waals surface area contributed by atoms with Crippen molar-refractivity contribution in [3.05, 3.63) is 28.6 Å². The van der Waals surface area contributed by atoms with Crippen molar-refractivity contribution in [3.63, 3.8) is 0 Å². The lowest BCUT2D eigenvalue weighted by Gasteiger charge is -2.05. The number of benzene rings is 1. The van der Waals surface area contributed by atoms with E-state index in [1.165, 1.54) is 11.3 Å². The third-order valence-electron chi connectivity index (χ3n) is 2.93. The number of nitrogens with one attached hydrogen (secondary N) is 1. The van der Waals surface area contributed by atoms with Gasteiger partial charge < -0.3 is 15.8 Å². The van der Waals surface area contributed by atoms with Crippen LogP contribution in [0, 0.1) is 6.92 Å². The minimum atomic E-state index is -2.50. The molecular weight excluding hydrogens is 298 g/mol. The van der Waals surface area contributed by atoms with Gasteiger partial charge in [0.2, 0.25) is 0 Å². The molecule has 0 aliphatic rings. The molecule has 0 atom stereocenters. The average Bonchev–Trinajstić information content (AvgIpc) is 2.77. The number of nitrogen functional groups attached to an aromatic ring is 1. The fraction of sp³-hybridized carbons (Fsp3) is 0.357. The monoisotopic (exact) mass is 314 g/mol. The van der Waals surface area contributed by atoms with Crippen molar-refractivity contribution >= 4 is 33.0 Å². The minimum Gasteiger partial charge on any atom is -0.397 e. The molecule has 114 valence electrons. The second kappa shape index (κ2) is 6.82. The maximum Gasteiger partial charge on any atom is 0.263 e. The van der Waals surface area contributed by atoms with Crippen molar-refractivity contribution in [2.24, 2.45) is 0 Å².